The molecule has 4 radical (unpaired) electrons. The molecule has 0 saturated carbocycles. The van der Waals surface area contributed by atoms with Crippen molar-refractivity contribution in [1.29, 1.82) is 0 Å². The molecule has 5 rings (SSSR count). The number of carbonyl (C=O) groups is 1. The second kappa shape index (κ2) is 6.91. The Labute approximate surface area is 184 Å². The highest BCUT2D eigenvalue weighted by atomic mass is 19.1. The molecular formula is C22H14B2F2N4O2. The van der Waals surface area contributed by atoms with Crippen LogP contribution in [0.1, 0.15) is 21.6 Å². The number of nitrogens with zero attached hydrogens (tertiary/aromatic N) is 4. The lowest BCUT2D eigenvalue weighted by molar-refractivity contribution is 0.0727. The van der Waals surface area contributed by atoms with Crippen LogP contribution in [-0.2, 0) is 18.9 Å². The zero-order valence-corrected chi connectivity index (χ0v) is 16.9. The third-order valence-corrected chi connectivity index (χ3v) is 5.61. The monoisotopic (exact) mass is 426 g/mol. The number of aromatic nitrogens is 3. The molecule has 6 nitrogen and oxygen atoms in total. The molecule has 2 aromatic heterocycles. The molecule has 1 N–H and O–H groups in total. The predicted molar refractivity (Wildman–Crippen MR) is 115 cm³/mol. The highest BCUT2D eigenvalue weighted by molar-refractivity contribution is 6.42. The van der Waals surface area contributed by atoms with Gasteiger partial charge in [-0.3, -0.25) is 14.5 Å². The molecule has 1 aliphatic heterocycles. The van der Waals surface area contributed by atoms with Gasteiger partial charge in [-0.2, -0.15) is 5.10 Å². The van der Waals surface area contributed by atoms with E-state index >= 15 is 8.78 Å². The lowest BCUT2D eigenvalue weighted by Crippen LogP contribution is -2.45. The molecule has 3 heterocycles. The summed E-state index contributed by atoms with van der Waals surface area (Å²) in [5, 5.41) is 12.8. The summed E-state index contributed by atoms with van der Waals surface area (Å²) < 4.78 is 31.8. The molecule has 10 heteroatoms. The maximum absolute atomic E-state index is 15.1. The van der Waals surface area contributed by atoms with Crippen molar-refractivity contribution in [2.45, 2.75) is 11.9 Å². The minimum Gasteiger partial charge on any atom is -0.506 e. The van der Waals surface area contributed by atoms with E-state index in [2.05, 4.69) is 10.1 Å². The number of carbonyl (C=O) groups excluding carboxylic acids is 1. The average Bonchev–Trinajstić information content (AvgIpc) is 3.19. The van der Waals surface area contributed by atoms with Crippen LogP contribution in [-0.4, -0.2) is 46.4 Å². The van der Waals surface area contributed by atoms with Crippen LogP contribution in [0.5, 0.6) is 5.75 Å². The molecule has 0 saturated heterocycles. The number of benzene rings is 2. The van der Waals surface area contributed by atoms with Crippen LogP contribution in [0.3, 0.4) is 0 Å². The molecule has 2 aromatic carbocycles. The third kappa shape index (κ3) is 2.97. The van der Waals surface area contributed by atoms with E-state index in [-0.39, 0.29) is 22.6 Å². The molecule has 1 aliphatic rings. The Morgan fingerprint density at radius 3 is 2.56 bits per heavy atom. The first kappa shape index (κ1) is 20.2. The van der Waals surface area contributed by atoms with Crippen molar-refractivity contribution < 1.29 is 18.7 Å². The molecule has 0 aliphatic carbocycles. The molecule has 0 spiro atoms. The van der Waals surface area contributed by atoms with Gasteiger partial charge in [-0.25, -0.2) is 8.78 Å². The van der Waals surface area contributed by atoms with Crippen molar-refractivity contribution in [2.24, 2.45) is 7.05 Å². The van der Waals surface area contributed by atoms with Gasteiger partial charge in [0.15, 0.2) is 0 Å². The first-order chi connectivity index (χ1) is 15.2. The third-order valence-electron chi connectivity index (χ3n) is 5.61. The Balaban J connectivity index is 1.54. The van der Waals surface area contributed by atoms with Gasteiger partial charge in [-0.15, -0.1) is 0 Å². The summed E-state index contributed by atoms with van der Waals surface area (Å²) in [4.78, 5) is 17.6. The molecule has 32 heavy (non-hydrogen) atoms. The van der Waals surface area contributed by atoms with E-state index in [1.165, 1.54) is 18.2 Å². The lowest BCUT2D eigenvalue weighted by atomic mass is 9.59. The average molecular weight is 426 g/mol. The maximum Gasteiger partial charge on any atom is 0.255 e. The minimum atomic E-state index is -1.89. The first-order valence-corrected chi connectivity index (χ1v) is 9.66. The summed E-state index contributed by atoms with van der Waals surface area (Å²) in [7, 11) is 13.9. The van der Waals surface area contributed by atoms with E-state index < -0.39 is 29.4 Å². The van der Waals surface area contributed by atoms with Gasteiger partial charge in [0.25, 0.3) is 5.91 Å². The van der Waals surface area contributed by atoms with Crippen LogP contribution < -0.4 is 0 Å². The summed E-state index contributed by atoms with van der Waals surface area (Å²) in [6.07, 6.45) is 2.87. The Bertz CT molecular complexity index is 1400. The van der Waals surface area contributed by atoms with Crippen LogP contribution in [0.15, 0.2) is 48.8 Å². The summed E-state index contributed by atoms with van der Waals surface area (Å²) in [5.41, 5.74) is 1.28. The van der Waals surface area contributed by atoms with Crippen LogP contribution >= 0.6 is 0 Å². The number of aromatic hydroxyl groups is 1. The number of rotatable bonds is 3. The fraction of sp³-hybridized carbons (Fsp3) is 0.136. The molecular weight excluding hydrogens is 412 g/mol. The largest absolute Gasteiger partial charge is 0.506 e. The fourth-order valence-electron chi connectivity index (χ4n) is 4.06. The number of hydrogen-bond donors (Lipinski definition) is 1. The second-order valence-corrected chi connectivity index (χ2v) is 7.77. The van der Waals surface area contributed by atoms with Crippen molar-refractivity contribution in [3.63, 3.8) is 0 Å². The van der Waals surface area contributed by atoms with E-state index in [9.17, 15) is 9.90 Å². The normalized spacial score (nSPS) is 14.8. The lowest BCUT2D eigenvalue weighted by Gasteiger charge is -2.33. The van der Waals surface area contributed by atoms with Gasteiger partial charge in [0.1, 0.15) is 17.4 Å². The van der Waals surface area contributed by atoms with Gasteiger partial charge >= 0.3 is 0 Å². The van der Waals surface area contributed by atoms with Crippen molar-refractivity contribution in [2.75, 3.05) is 0 Å². The van der Waals surface area contributed by atoms with Crippen LogP contribution in [0.2, 0.25) is 0 Å². The van der Waals surface area contributed by atoms with Crippen molar-refractivity contribution in [3.8, 4) is 16.9 Å². The molecule has 0 unspecified atom stereocenters. The summed E-state index contributed by atoms with van der Waals surface area (Å²) in [6, 6.07) is 8.89. The molecule has 154 valence electrons. The van der Waals surface area contributed by atoms with Crippen LogP contribution in [0.25, 0.3) is 22.0 Å². The van der Waals surface area contributed by atoms with Crippen molar-refractivity contribution in [1.82, 2.24) is 19.7 Å². The van der Waals surface area contributed by atoms with Gasteiger partial charge < -0.3 is 10.0 Å². The van der Waals surface area contributed by atoms with Crippen LogP contribution in [0, 0.1) is 11.6 Å². The number of pyridine rings is 1. The fourth-order valence-corrected chi connectivity index (χ4v) is 4.06. The zero-order chi connectivity index (χ0) is 22.8. The quantitative estimate of drug-likeness (QED) is 0.512. The second-order valence-electron chi connectivity index (χ2n) is 7.77. The van der Waals surface area contributed by atoms with Crippen molar-refractivity contribution >= 4 is 32.5 Å². The Morgan fingerprint density at radius 1 is 1.12 bits per heavy atom. The standard InChI is InChI=1S/C22H14B2F2N4O2/c1-29-9-15-13(3-2-4-19(15)28-29)11-5-17(25)16(18(26)6-11)10-30-21(32)14-7-12(31)8-27-20(14)22(30,23)24/h2-9,31H,10H2,1H3. The predicted octanol–water partition coefficient (Wildman–Crippen LogP) is 2.72. The first-order valence-electron chi connectivity index (χ1n) is 9.66. The summed E-state index contributed by atoms with van der Waals surface area (Å²) in [5.74, 6) is -2.63. The highest BCUT2D eigenvalue weighted by Gasteiger charge is 2.43. The molecule has 0 atom stereocenters. The zero-order valence-electron chi connectivity index (χ0n) is 16.9. The molecule has 1 amide bonds. The number of fused-ring (bicyclic) bond motifs is 2. The minimum absolute atomic E-state index is 0.0148. The number of halogens is 2. The summed E-state index contributed by atoms with van der Waals surface area (Å²) >= 11 is 0. The Kier molecular flexibility index (Phi) is 4.37. The van der Waals surface area contributed by atoms with Gasteiger partial charge in [-0.1, -0.05) is 12.1 Å². The van der Waals surface area contributed by atoms with E-state index in [4.69, 9.17) is 15.7 Å². The van der Waals surface area contributed by atoms with E-state index in [0.717, 1.165) is 16.5 Å². The molecule has 0 bridgehead atoms. The molecule has 0 fully saturated rings. The van der Waals surface area contributed by atoms with E-state index in [1.807, 2.05) is 6.07 Å². The van der Waals surface area contributed by atoms with Gasteiger partial charge in [0.05, 0.1) is 45.2 Å². The SMILES string of the molecule is [B]C1([B])c2ncc(O)cc2C(=O)N1Cc1c(F)cc(-c2cccc3nn(C)cc23)cc1F. The van der Waals surface area contributed by atoms with Gasteiger partial charge in [0, 0.05) is 29.5 Å². The van der Waals surface area contributed by atoms with E-state index in [1.54, 1.807) is 30.1 Å². The van der Waals surface area contributed by atoms with Crippen LogP contribution in [0.4, 0.5) is 8.78 Å². The number of aryl methyl sites for hydroxylation is 1. The number of amides is 1. The van der Waals surface area contributed by atoms with Gasteiger partial charge in [-0.05, 0) is 35.4 Å². The Morgan fingerprint density at radius 2 is 1.84 bits per heavy atom. The maximum atomic E-state index is 15.1. The molecule has 4 aromatic rings. The Hall–Kier alpha value is -3.68. The topological polar surface area (TPSA) is 71.2 Å². The summed E-state index contributed by atoms with van der Waals surface area (Å²) in [6.45, 7) is -0.516. The highest BCUT2D eigenvalue weighted by Crippen LogP contribution is 2.37. The smallest absolute Gasteiger partial charge is 0.255 e. The van der Waals surface area contributed by atoms with E-state index in [0.29, 0.717) is 16.6 Å². The van der Waals surface area contributed by atoms with Crippen molar-refractivity contribution in [3.05, 3.63) is 77.2 Å². The van der Waals surface area contributed by atoms with Gasteiger partial charge in [0.2, 0.25) is 0 Å². The number of hydrogen-bond acceptors (Lipinski definition) is 4.